The number of rotatable bonds is 7. The average Bonchev–Trinajstić information content (AvgIpc) is 2.27. The van der Waals surface area contributed by atoms with Gasteiger partial charge in [0.15, 0.2) is 0 Å². The maximum Gasteiger partial charge on any atom is 0.460 e. The Labute approximate surface area is 111 Å². The van der Waals surface area contributed by atoms with E-state index in [1.54, 1.807) is 0 Å². The van der Waals surface area contributed by atoms with E-state index in [1.807, 2.05) is 6.92 Å². The zero-order valence-electron chi connectivity index (χ0n) is 10.5. The van der Waals surface area contributed by atoms with Crippen molar-refractivity contribution in [2.75, 3.05) is 11.5 Å². The SMILES string of the molecule is CCCSCC=C(CC)C(F)(F)C(F)(F)C(F)(F)F. The zero-order valence-corrected chi connectivity index (χ0v) is 11.3. The predicted molar refractivity (Wildman–Crippen MR) is 61.9 cm³/mol. The first-order chi connectivity index (χ1) is 8.52. The molecule has 0 spiro atoms. The van der Waals surface area contributed by atoms with Crippen molar-refractivity contribution in [3.05, 3.63) is 11.6 Å². The van der Waals surface area contributed by atoms with E-state index in [0.717, 1.165) is 19.4 Å². The number of thioether (sulfide) groups is 1. The van der Waals surface area contributed by atoms with Crippen molar-refractivity contribution in [2.24, 2.45) is 0 Å². The molecular formula is C11H15F7S. The molecule has 0 saturated carbocycles. The van der Waals surface area contributed by atoms with Gasteiger partial charge < -0.3 is 0 Å². The molecule has 0 radical (unpaired) electrons. The Morgan fingerprint density at radius 3 is 1.89 bits per heavy atom. The monoisotopic (exact) mass is 312 g/mol. The van der Waals surface area contributed by atoms with Gasteiger partial charge in [0.05, 0.1) is 0 Å². The first kappa shape index (κ1) is 18.6. The van der Waals surface area contributed by atoms with Crippen molar-refractivity contribution in [3.8, 4) is 0 Å². The highest BCUT2D eigenvalue weighted by molar-refractivity contribution is 7.99. The summed E-state index contributed by atoms with van der Waals surface area (Å²) < 4.78 is 88.3. The molecule has 0 aliphatic carbocycles. The molecular weight excluding hydrogens is 297 g/mol. The van der Waals surface area contributed by atoms with Gasteiger partial charge in [-0.2, -0.15) is 42.5 Å². The quantitative estimate of drug-likeness (QED) is 0.349. The molecule has 0 aromatic rings. The van der Waals surface area contributed by atoms with Crippen LogP contribution in [0.3, 0.4) is 0 Å². The average molecular weight is 312 g/mol. The van der Waals surface area contributed by atoms with Crippen LogP contribution in [0.4, 0.5) is 30.7 Å². The second kappa shape index (κ2) is 6.85. The first-order valence-electron chi connectivity index (χ1n) is 5.61. The van der Waals surface area contributed by atoms with Gasteiger partial charge in [-0.05, 0) is 18.6 Å². The third kappa shape index (κ3) is 4.29. The third-order valence-corrected chi connectivity index (χ3v) is 3.43. The Morgan fingerprint density at radius 1 is 1.00 bits per heavy atom. The van der Waals surface area contributed by atoms with E-state index in [9.17, 15) is 30.7 Å². The number of hydrogen-bond acceptors (Lipinski definition) is 1. The van der Waals surface area contributed by atoms with E-state index in [2.05, 4.69) is 0 Å². The Kier molecular flexibility index (Phi) is 6.71. The van der Waals surface area contributed by atoms with Crippen molar-refractivity contribution in [1.82, 2.24) is 0 Å². The molecule has 0 aliphatic heterocycles. The number of allylic oxidation sites excluding steroid dienone is 1. The highest BCUT2D eigenvalue weighted by atomic mass is 32.2. The first-order valence-corrected chi connectivity index (χ1v) is 6.77. The van der Waals surface area contributed by atoms with Crippen LogP contribution in [-0.2, 0) is 0 Å². The van der Waals surface area contributed by atoms with Gasteiger partial charge in [-0.15, -0.1) is 0 Å². The Morgan fingerprint density at radius 2 is 1.53 bits per heavy atom. The lowest BCUT2D eigenvalue weighted by Gasteiger charge is -2.29. The van der Waals surface area contributed by atoms with Crippen molar-refractivity contribution in [1.29, 1.82) is 0 Å². The molecule has 0 saturated heterocycles. The number of halogens is 7. The third-order valence-electron chi connectivity index (χ3n) is 2.33. The van der Waals surface area contributed by atoms with Crippen molar-refractivity contribution >= 4 is 11.8 Å². The van der Waals surface area contributed by atoms with E-state index in [4.69, 9.17) is 0 Å². The number of alkyl halides is 7. The van der Waals surface area contributed by atoms with Gasteiger partial charge in [0, 0.05) is 11.3 Å². The maximum absolute atomic E-state index is 13.3. The van der Waals surface area contributed by atoms with Gasteiger partial charge in [-0.25, -0.2) is 0 Å². The standard InChI is InChI=1S/C11H15F7S/c1-3-6-19-7-5-8(4-2)9(12,13)10(14,15)11(16,17)18/h5H,3-4,6-7H2,1-2H3. The van der Waals surface area contributed by atoms with Gasteiger partial charge >= 0.3 is 18.0 Å². The second-order valence-electron chi connectivity index (χ2n) is 3.80. The summed E-state index contributed by atoms with van der Waals surface area (Å²) in [6.07, 6.45) is -5.32. The Balaban J connectivity index is 5.12. The second-order valence-corrected chi connectivity index (χ2v) is 4.95. The summed E-state index contributed by atoms with van der Waals surface area (Å²) in [7, 11) is 0. The fraction of sp³-hybridized carbons (Fsp3) is 0.818. The van der Waals surface area contributed by atoms with Crippen LogP contribution in [0.2, 0.25) is 0 Å². The van der Waals surface area contributed by atoms with E-state index in [-0.39, 0.29) is 5.75 Å². The normalized spacial score (nSPS) is 14.9. The highest BCUT2D eigenvalue weighted by Gasteiger charge is 2.73. The minimum absolute atomic E-state index is 0.0134. The van der Waals surface area contributed by atoms with Crippen LogP contribution in [0.15, 0.2) is 11.6 Å². The van der Waals surface area contributed by atoms with Crippen LogP contribution in [-0.4, -0.2) is 29.5 Å². The van der Waals surface area contributed by atoms with E-state index in [1.165, 1.54) is 11.8 Å². The minimum atomic E-state index is -6.28. The van der Waals surface area contributed by atoms with Gasteiger partial charge in [0.25, 0.3) is 0 Å². The Bertz CT molecular complexity index is 307. The summed E-state index contributed by atoms with van der Waals surface area (Å²) in [5, 5.41) is 0. The summed E-state index contributed by atoms with van der Waals surface area (Å²) in [6.45, 7) is 2.96. The molecule has 0 aromatic heterocycles. The molecule has 0 rings (SSSR count). The molecule has 0 fully saturated rings. The molecule has 0 aromatic carbocycles. The lowest BCUT2D eigenvalue weighted by Crippen LogP contribution is -2.52. The van der Waals surface area contributed by atoms with Crippen molar-refractivity contribution in [3.63, 3.8) is 0 Å². The largest absolute Gasteiger partial charge is 0.460 e. The summed E-state index contributed by atoms with van der Waals surface area (Å²) in [6, 6.07) is 0. The smallest absolute Gasteiger partial charge is 0.194 e. The van der Waals surface area contributed by atoms with Crippen molar-refractivity contribution < 1.29 is 30.7 Å². The fourth-order valence-corrected chi connectivity index (χ4v) is 2.04. The van der Waals surface area contributed by atoms with Crippen LogP contribution in [0, 0.1) is 0 Å². The molecule has 114 valence electrons. The molecule has 0 heterocycles. The lowest BCUT2D eigenvalue weighted by atomic mass is 9.99. The fourth-order valence-electron chi connectivity index (χ4n) is 1.26. The van der Waals surface area contributed by atoms with Gasteiger partial charge in [-0.3, -0.25) is 0 Å². The molecule has 0 amide bonds. The van der Waals surface area contributed by atoms with Crippen LogP contribution in [0.1, 0.15) is 26.7 Å². The maximum atomic E-state index is 13.3. The van der Waals surface area contributed by atoms with Gasteiger partial charge in [-0.1, -0.05) is 19.9 Å². The molecule has 0 N–H and O–H groups in total. The molecule has 0 atom stereocenters. The lowest BCUT2D eigenvalue weighted by molar-refractivity contribution is -0.344. The number of hydrogen-bond donors (Lipinski definition) is 0. The molecule has 0 unspecified atom stereocenters. The van der Waals surface area contributed by atoms with Crippen LogP contribution in [0.5, 0.6) is 0 Å². The summed E-state index contributed by atoms with van der Waals surface area (Å²) >= 11 is 1.20. The van der Waals surface area contributed by atoms with Crippen LogP contribution >= 0.6 is 11.8 Å². The van der Waals surface area contributed by atoms with E-state index >= 15 is 0 Å². The highest BCUT2D eigenvalue weighted by Crippen LogP contribution is 2.50. The molecule has 0 bridgehead atoms. The molecule has 8 heteroatoms. The minimum Gasteiger partial charge on any atom is -0.194 e. The van der Waals surface area contributed by atoms with E-state index < -0.39 is 30.0 Å². The summed E-state index contributed by atoms with van der Waals surface area (Å²) in [5.41, 5.74) is -1.18. The predicted octanol–water partition coefficient (Wildman–Crippen LogP) is 5.30. The topological polar surface area (TPSA) is 0 Å². The summed E-state index contributed by atoms with van der Waals surface area (Å²) in [5.74, 6) is -10.7. The van der Waals surface area contributed by atoms with Crippen LogP contribution in [0.25, 0.3) is 0 Å². The van der Waals surface area contributed by atoms with Crippen LogP contribution < -0.4 is 0 Å². The van der Waals surface area contributed by atoms with E-state index in [0.29, 0.717) is 5.75 Å². The zero-order chi connectivity index (χ0) is 15.3. The summed E-state index contributed by atoms with van der Waals surface area (Å²) in [4.78, 5) is 0. The van der Waals surface area contributed by atoms with Crippen molar-refractivity contribution in [2.45, 2.75) is 44.7 Å². The molecule has 0 nitrogen and oxygen atoms in total. The van der Waals surface area contributed by atoms with Gasteiger partial charge in [0.2, 0.25) is 0 Å². The molecule has 19 heavy (non-hydrogen) atoms. The molecule has 0 aliphatic rings. The Hall–Kier alpha value is -0.400. The van der Waals surface area contributed by atoms with Gasteiger partial charge in [0.1, 0.15) is 0 Å².